The number of aromatic nitrogens is 2. The van der Waals surface area contributed by atoms with Gasteiger partial charge in [-0.05, 0) is 59.9 Å². The average Bonchev–Trinajstić information content (AvgIpc) is 3.25. The summed E-state index contributed by atoms with van der Waals surface area (Å²) in [6.07, 6.45) is 1.80. The van der Waals surface area contributed by atoms with E-state index in [9.17, 15) is 9.18 Å². The van der Waals surface area contributed by atoms with E-state index in [-0.39, 0.29) is 23.2 Å². The van der Waals surface area contributed by atoms with Crippen LogP contribution in [0.5, 0.6) is 0 Å². The van der Waals surface area contributed by atoms with Crippen molar-refractivity contribution < 1.29 is 9.18 Å². The Bertz CT molecular complexity index is 1340. The molecule has 13 heteroatoms. The predicted molar refractivity (Wildman–Crippen MR) is 124 cm³/mol. The highest BCUT2D eigenvalue weighted by Crippen LogP contribution is 2.41. The summed E-state index contributed by atoms with van der Waals surface area (Å²) in [6.45, 7) is 1.45. The summed E-state index contributed by atoms with van der Waals surface area (Å²) in [7, 11) is 0. The molecule has 1 fully saturated rings. The molecule has 34 heavy (non-hydrogen) atoms. The van der Waals surface area contributed by atoms with Crippen molar-refractivity contribution in [3.8, 4) is 11.3 Å². The molecule has 3 aromatic rings. The second kappa shape index (κ2) is 8.58. The minimum absolute atomic E-state index is 0.0935. The van der Waals surface area contributed by atoms with Crippen LogP contribution in [-0.2, 0) is 0 Å². The zero-order valence-corrected chi connectivity index (χ0v) is 17.6. The second-order valence-electron chi connectivity index (χ2n) is 7.71. The Balaban J connectivity index is 1.56. The van der Waals surface area contributed by atoms with E-state index >= 15 is 0 Å². The van der Waals surface area contributed by atoms with Crippen molar-refractivity contribution in [2.24, 2.45) is 10.2 Å². The van der Waals surface area contributed by atoms with Gasteiger partial charge in [-0.1, -0.05) is 10.2 Å². The molecule has 0 saturated carbocycles. The van der Waals surface area contributed by atoms with Gasteiger partial charge in [0.05, 0.1) is 23.6 Å². The number of halogens is 1. The number of benzene rings is 1. The minimum atomic E-state index is -0.498. The van der Waals surface area contributed by atoms with Crippen LogP contribution in [0.4, 0.5) is 37.9 Å². The number of pyridine rings is 2. The van der Waals surface area contributed by atoms with E-state index in [2.05, 4.69) is 35.3 Å². The van der Waals surface area contributed by atoms with E-state index in [1.165, 1.54) is 18.2 Å². The highest BCUT2D eigenvalue weighted by molar-refractivity contribution is 6.04. The van der Waals surface area contributed by atoms with Gasteiger partial charge in [-0.3, -0.25) is 10.2 Å². The van der Waals surface area contributed by atoms with Crippen LogP contribution < -0.4 is 15.1 Å². The zero-order valence-electron chi connectivity index (χ0n) is 17.6. The van der Waals surface area contributed by atoms with Gasteiger partial charge in [-0.2, -0.15) is 0 Å². The fourth-order valence-corrected chi connectivity index (χ4v) is 4.21. The first-order chi connectivity index (χ1) is 16.6. The predicted octanol–water partition coefficient (Wildman–Crippen LogP) is 5.80. The largest absolute Gasteiger partial charge is 0.366 e. The number of nitrogens with zero attached hydrogens (tertiary/aromatic N) is 10. The van der Waals surface area contributed by atoms with Crippen molar-refractivity contribution in [1.82, 2.24) is 9.97 Å². The van der Waals surface area contributed by atoms with Crippen molar-refractivity contribution in [2.75, 3.05) is 28.2 Å². The van der Waals surface area contributed by atoms with Crippen LogP contribution in [0.2, 0.25) is 0 Å². The molecule has 1 N–H and O–H groups in total. The fourth-order valence-electron chi connectivity index (χ4n) is 4.21. The fraction of sp³-hybridized carbons (Fsp3) is 0.190. The topological polar surface area (TPSA) is 159 Å². The Morgan fingerprint density at radius 2 is 1.88 bits per heavy atom. The molecule has 0 aliphatic carbocycles. The van der Waals surface area contributed by atoms with Gasteiger partial charge >= 0.3 is 6.03 Å². The molecular weight excluding hydrogens is 441 g/mol. The summed E-state index contributed by atoms with van der Waals surface area (Å²) in [5, 5.41) is 9.93. The lowest BCUT2D eigenvalue weighted by Gasteiger charge is -2.35. The molecule has 4 heterocycles. The normalized spacial score (nSPS) is 15.7. The molecule has 1 atom stereocenters. The van der Waals surface area contributed by atoms with E-state index < -0.39 is 11.8 Å². The summed E-state index contributed by atoms with van der Waals surface area (Å²) < 4.78 is 13.2. The number of azide groups is 2. The third-order valence-corrected chi connectivity index (χ3v) is 5.65. The third-order valence-electron chi connectivity index (χ3n) is 5.65. The van der Waals surface area contributed by atoms with E-state index in [1.807, 2.05) is 6.07 Å². The molecule has 0 radical (unpaired) electrons. The summed E-state index contributed by atoms with van der Waals surface area (Å²) in [4.78, 5) is 31.3. The molecule has 2 aliphatic heterocycles. The Morgan fingerprint density at radius 3 is 2.56 bits per heavy atom. The van der Waals surface area contributed by atoms with Crippen molar-refractivity contribution >= 4 is 34.7 Å². The van der Waals surface area contributed by atoms with Crippen LogP contribution >= 0.6 is 0 Å². The number of hydrogen-bond acceptors (Lipinski definition) is 6. The van der Waals surface area contributed by atoms with Crippen molar-refractivity contribution in [3.05, 3.63) is 75.4 Å². The lowest BCUT2D eigenvalue weighted by molar-refractivity contribution is 0.254. The third kappa shape index (κ3) is 3.88. The maximum absolute atomic E-state index is 13.2. The molecule has 0 spiro atoms. The maximum atomic E-state index is 13.2. The van der Waals surface area contributed by atoms with E-state index in [4.69, 9.17) is 16.0 Å². The van der Waals surface area contributed by atoms with Crippen molar-refractivity contribution in [1.29, 1.82) is 0 Å². The van der Waals surface area contributed by atoms with E-state index in [0.717, 1.165) is 24.8 Å². The van der Waals surface area contributed by atoms with Crippen LogP contribution in [0.25, 0.3) is 32.1 Å². The molecule has 2 aromatic heterocycles. The van der Waals surface area contributed by atoms with Gasteiger partial charge in [0.1, 0.15) is 11.6 Å². The Hall–Kier alpha value is -4.86. The number of urea groups is 1. The number of nitrogens with one attached hydrogen (secondary N) is 1. The van der Waals surface area contributed by atoms with Gasteiger partial charge in [0.15, 0.2) is 5.82 Å². The number of carbonyl (C=O) groups is 1. The summed E-state index contributed by atoms with van der Waals surface area (Å²) >= 11 is 0. The van der Waals surface area contributed by atoms with Gasteiger partial charge in [-0.25, -0.2) is 19.2 Å². The summed E-state index contributed by atoms with van der Waals surface area (Å²) in [5.74, 6) is 0.193. The average molecular weight is 457 g/mol. The monoisotopic (exact) mass is 457 g/mol. The van der Waals surface area contributed by atoms with E-state index in [1.54, 1.807) is 23.1 Å². The van der Waals surface area contributed by atoms with Gasteiger partial charge in [0, 0.05) is 39.9 Å². The smallest absolute Gasteiger partial charge is 0.329 e. The molecule has 2 aliphatic rings. The van der Waals surface area contributed by atoms with Crippen LogP contribution in [-0.4, -0.2) is 35.1 Å². The van der Waals surface area contributed by atoms with Crippen LogP contribution in [0.15, 0.2) is 58.9 Å². The van der Waals surface area contributed by atoms with Crippen molar-refractivity contribution in [2.45, 2.75) is 12.5 Å². The second-order valence-corrected chi connectivity index (χ2v) is 7.71. The van der Waals surface area contributed by atoms with E-state index in [0.29, 0.717) is 23.6 Å². The lowest BCUT2D eigenvalue weighted by Crippen LogP contribution is -2.48. The number of rotatable bonds is 4. The minimum Gasteiger partial charge on any atom is -0.366 e. The number of hydrogen-bond donors (Lipinski definition) is 1. The molecule has 5 rings (SSSR count). The van der Waals surface area contributed by atoms with Crippen LogP contribution in [0.3, 0.4) is 0 Å². The van der Waals surface area contributed by atoms with Crippen molar-refractivity contribution in [3.63, 3.8) is 0 Å². The first-order valence-corrected chi connectivity index (χ1v) is 10.3. The molecule has 2 amide bonds. The first-order valence-electron chi connectivity index (χ1n) is 10.3. The SMILES string of the molecule is [N-]=[N+]=Nc1cc(N=[N+]=[N-])cc(-c2ccc3c(n2)N(C(=O)Nc2ccc(F)cn2)[C@H]2CCN3C2)c1. The molecule has 12 nitrogen and oxygen atoms in total. The van der Waals surface area contributed by atoms with Crippen LogP contribution in [0.1, 0.15) is 6.42 Å². The molecular formula is C21H16FN11O. The highest BCUT2D eigenvalue weighted by atomic mass is 19.1. The number of anilines is 3. The van der Waals surface area contributed by atoms with Gasteiger partial charge in [-0.15, -0.1) is 0 Å². The Morgan fingerprint density at radius 1 is 1.12 bits per heavy atom. The Kier molecular flexibility index (Phi) is 5.30. The standard InChI is InChI=1S/C21H16FN11O/c22-13-1-4-19(25-10-13)27-21(34)33-16-5-6-32(11-16)18-3-2-17(26-20(18)33)12-7-14(28-30-23)9-15(8-12)29-31-24/h1-4,7-10,16H,5-6,11H2,(H,25,27,34)/t16-/m0/s1. The zero-order chi connectivity index (χ0) is 23.7. The van der Waals surface area contributed by atoms with Crippen LogP contribution in [0, 0.1) is 5.82 Å². The number of carbonyl (C=O) groups excluding carboxylic acids is 1. The van der Waals surface area contributed by atoms with Gasteiger partial charge in [0.2, 0.25) is 0 Å². The highest BCUT2D eigenvalue weighted by Gasteiger charge is 2.40. The molecule has 168 valence electrons. The quantitative estimate of drug-likeness (QED) is 0.298. The van der Waals surface area contributed by atoms with Gasteiger partial charge in [0.25, 0.3) is 0 Å². The van der Waals surface area contributed by atoms with Gasteiger partial charge < -0.3 is 4.90 Å². The number of fused-ring (bicyclic) bond motifs is 4. The summed E-state index contributed by atoms with van der Waals surface area (Å²) in [6, 6.07) is 10.5. The Labute approximate surface area is 191 Å². The molecule has 1 aromatic carbocycles. The molecule has 0 unspecified atom stereocenters. The lowest BCUT2D eigenvalue weighted by atomic mass is 10.1. The molecule has 1 saturated heterocycles. The number of amides is 2. The molecule has 2 bridgehead atoms. The first kappa shape index (κ1) is 21.0. The summed E-state index contributed by atoms with van der Waals surface area (Å²) in [5.41, 5.74) is 20.0. The maximum Gasteiger partial charge on any atom is 0.329 e.